The van der Waals surface area contributed by atoms with Crippen LogP contribution in [0.2, 0.25) is 0 Å². The van der Waals surface area contributed by atoms with Crippen molar-refractivity contribution in [2.24, 2.45) is 0 Å². The Morgan fingerprint density at radius 3 is 2.71 bits per heavy atom. The van der Waals surface area contributed by atoms with Crippen molar-refractivity contribution in [3.8, 4) is 0 Å². The molecule has 3 heterocycles. The summed E-state index contributed by atoms with van der Waals surface area (Å²) in [4.78, 5) is 28.5. The number of amides is 2. The standard InChI is InChI=1S/C27H26N4O3S/c1-17-12-15-35-25(17)26(33)28-24-16-19(27(34)31-13-10-20(32)11-14-31)7-6-18(24)8-9-23-21-4-2-3-5-22(21)29-30-23/h2-9,12,15-16,20,32H,10-11,13-14H2,1H3,(H,28,33)(H,29,30)/b9-8+. The molecule has 1 aliphatic heterocycles. The Kier molecular flexibility index (Phi) is 6.48. The first-order valence-electron chi connectivity index (χ1n) is 11.6. The number of H-pyrrole nitrogens is 1. The molecule has 7 nitrogen and oxygen atoms in total. The van der Waals surface area contributed by atoms with Gasteiger partial charge >= 0.3 is 0 Å². The summed E-state index contributed by atoms with van der Waals surface area (Å²) in [5, 5.41) is 23.1. The minimum absolute atomic E-state index is 0.103. The number of piperidine rings is 1. The summed E-state index contributed by atoms with van der Waals surface area (Å²) in [5.74, 6) is -0.309. The van der Waals surface area contributed by atoms with E-state index in [1.54, 1.807) is 17.0 Å². The summed E-state index contributed by atoms with van der Waals surface area (Å²) in [6.45, 7) is 2.94. The highest BCUT2D eigenvalue weighted by Gasteiger charge is 2.23. The summed E-state index contributed by atoms with van der Waals surface area (Å²) in [5.41, 5.74) is 4.47. The molecule has 1 saturated heterocycles. The van der Waals surface area contributed by atoms with Crippen molar-refractivity contribution < 1.29 is 14.7 Å². The van der Waals surface area contributed by atoms with E-state index >= 15 is 0 Å². The number of carbonyl (C=O) groups excluding carboxylic acids is 2. The first-order valence-corrected chi connectivity index (χ1v) is 12.5. The van der Waals surface area contributed by atoms with Gasteiger partial charge in [0.05, 0.1) is 22.2 Å². The largest absolute Gasteiger partial charge is 0.393 e. The van der Waals surface area contributed by atoms with E-state index in [4.69, 9.17) is 0 Å². The predicted octanol–water partition coefficient (Wildman–Crippen LogP) is 4.95. The van der Waals surface area contributed by atoms with E-state index in [9.17, 15) is 14.7 Å². The molecule has 2 amide bonds. The summed E-state index contributed by atoms with van der Waals surface area (Å²) in [6.07, 6.45) is 4.59. The molecular weight excluding hydrogens is 460 g/mol. The van der Waals surface area contributed by atoms with Crippen LogP contribution in [-0.2, 0) is 0 Å². The number of aliphatic hydroxyl groups is 1. The van der Waals surface area contributed by atoms with Gasteiger partial charge < -0.3 is 15.3 Å². The number of carbonyl (C=O) groups is 2. The van der Waals surface area contributed by atoms with Crippen molar-refractivity contribution in [1.82, 2.24) is 15.1 Å². The molecule has 0 radical (unpaired) electrons. The van der Waals surface area contributed by atoms with Crippen molar-refractivity contribution in [3.05, 3.63) is 81.2 Å². The van der Waals surface area contributed by atoms with Crippen LogP contribution in [0.15, 0.2) is 53.9 Å². The maximum atomic E-state index is 13.1. The van der Waals surface area contributed by atoms with Gasteiger partial charge in [0.2, 0.25) is 0 Å². The van der Waals surface area contributed by atoms with Gasteiger partial charge in [0.1, 0.15) is 0 Å². The Hall–Kier alpha value is -3.75. The second-order valence-electron chi connectivity index (χ2n) is 8.70. The number of rotatable bonds is 5. The Morgan fingerprint density at radius 2 is 1.94 bits per heavy atom. The number of nitrogens with one attached hydrogen (secondary N) is 2. The Morgan fingerprint density at radius 1 is 1.14 bits per heavy atom. The van der Waals surface area contributed by atoms with E-state index < -0.39 is 0 Å². The van der Waals surface area contributed by atoms with Gasteiger partial charge in [-0.3, -0.25) is 14.7 Å². The molecule has 0 aliphatic carbocycles. The topological polar surface area (TPSA) is 98.3 Å². The number of anilines is 1. The fourth-order valence-corrected chi connectivity index (χ4v) is 5.08. The number of aryl methyl sites for hydroxylation is 1. The molecule has 2 aromatic heterocycles. The average Bonchev–Trinajstić information content (AvgIpc) is 3.49. The first kappa shape index (κ1) is 23.0. The lowest BCUT2D eigenvalue weighted by molar-refractivity contribution is 0.0546. The highest BCUT2D eigenvalue weighted by Crippen LogP contribution is 2.26. The van der Waals surface area contributed by atoms with Crippen LogP contribution in [-0.4, -0.2) is 51.2 Å². The summed E-state index contributed by atoms with van der Waals surface area (Å²) in [6, 6.07) is 15.1. The number of hydrogen-bond donors (Lipinski definition) is 3. The molecule has 4 aromatic rings. The number of aliphatic hydroxyl groups excluding tert-OH is 1. The van der Waals surface area contributed by atoms with Crippen LogP contribution in [0, 0.1) is 6.92 Å². The minimum Gasteiger partial charge on any atom is -0.393 e. The molecule has 0 saturated carbocycles. The molecule has 1 fully saturated rings. The van der Waals surface area contributed by atoms with Crippen LogP contribution in [0.25, 0.3) is 23.1 Å². The molecule has 5 rings (SSSR count). The van der Waals surface area contributed by atoms with Crippen molar-refractivity contribution in [2.75, 3.05) is 18.4 Å². The van der Waals surface area contributed by atoms with Crippen molar-refractivity contribution in [1.29, 1.82) is 0 Å². The van der Waals surface area contributed by atoms with Gasteiger partial charge in [0.15, 0.2) is 0 Å². The first-order chi connectivity index (χ1) is 17.0. The van der Waals surface area contributed by atoms with E-state index in [1.807, 2.05) is 60.9 Å². The summed E-state index contributed by atoms with van der Waals surface area (Å²) in [7, 11) is 0. The van der Waals surface area contributed by atoms with E-state index in [0.717, 1.165) is 27.7 Å². The molecule has 0 atom stereocenters. The number of hydrogen-bond acceptors (Lipinski definition) is 5. The second kappa shape index (κ2) is 9.85. The summed E-state index contributed by atoms with van der Waals surface area (Å²) >= 11 is 1.39. The fraction of sp³-hybridized carbons (Fsp3) is 0.222. The van der Waals surface area contributed by atoms with Gasteiger partial charge in [-0.1, -0.05) is 30.3 Å². The van der Waals surface area contributed by atoms with Crippen molar-refractivity contribution >= 4 is 51.9 Å². The lowest BCUT2D eigenvalue weighted by Gasteiger charge is -2.29. The van der Waals surface area contributed by atoms with Gasteiger partial charge in [-0.05, 0) is 66.6 Å². The number of thiophene rings is 1. The maximum Gasteiger partial charge on any atom is 0.266 e. The molecule has 1 aliphatic rings. The molecule has 2 aromatic carbocycles. The van der Waals surface area contributed by atoms with Crippen LogP contribution < -0.4 is 5.32 Å². The highest BCUT2D eigenvalue weighted by atomic mass is 32.1. The number of aromatic nitrogens is 2. The van der Waals surface area contributed by atoms with Gasteiger partial charge in [-0.15, -0.1) is 11.3 Å². The SMILES string of the molecule is Cc1ccsc1C(=O)Nc1cc(C(=O)N2CCC(O)CC2)ccc1/C=C/c1n[nH]c2ccccc12. The van der Waals surface area contributed by atoms with E-state index in [2.05, 4.69) is 15.5 Å². The minimum atomic E-state index is -0.353. The molecule has 8 heteroatoms. The van der Waals surface area contributed by atoms with Crippen molar-refractivity contribution in [3.63, 3.8) is 0 Å². The number of likely N-dealkylation sites (tertiary alicyclic amines) is 1. The average molecular weight is 487 g/mol. The van der Waals surface area contributed by atoms with Gasteiger partial charge in [0.25, 0.3) is 11.8 Å². The molecule has 0 spiro atoms. The zero-order valence-corrected chi connectivity index (χ0v) is 20.1. The molecular formula is C27H26N4O3S. The fourth-order valence-electron chi connectivity index (χ4n) is 4.26. The highest BCUT2D eigenvalue weighted by molar-refractivity contribution is 7.12. The Balaban J connectivity index is 1.47. The van der Waals surface area contributed by atoms with E-state index in [1.165, 1.54) is 11.3 Å². The zero-order valence-electron chi connectivity index (χ0n) is 19.3. The van der Waals surface area contributed by atoms with Gasteiger partial charge in [-0.2, -0.15) is 5.10 Å². The van der Waals surface area contributed by atoms with Crippen molar-refractivity contribution in [2.45, 2.75) is 25.9 Å². The molecule has 35 heavy (non-hydrogen) atoms. The Bertz CT molecular complexity index is 1410. The Labute approximate surface area is 207 Å². The maximum absolute atomic E-state index is 13.1. The second-order valence-corrected chi connectivity index (χ2v) is 9.62. The smallest absolute Gasteiger partial charge is 0.266 e. The van der Waals surface area contributed by atoms with Crippen LogP contribution in [0.1, 0.15) is 49.7 Å². The lowest BCUT2D eigenvalue weighted by atomic mass is 10.0. The third kappa shape index (κ3) is 4.89. The van der Waals surface area contributed by atoms with Crippen LogP contribution >= 0.6 is 11.3 Å². The lowest BCUT2D eigenvalue weighted by Crippen LogP contribution is -2.40. The molecule has 178 valence electrons. The van der Waals surface area contributed by atoms with E-state index in [-0.39, 0.29) is 17.9 Å². The number of para-hydroxylation sites is 1. The normalized spacial score (nSPS) is 14.6. The number of benzene rings is 2. The van der Waals surface area contributed by atoms with Crippen LogP contribution in [0.4, 0.5) is 5.69 Å². The predicted molar refractivity (Wildman–Crippen MR) is 140 cm³/mol. The van der Waals surface area contributed by atoms with Crippen LogP contribution in [0.5, 0.6) is 0 Å². The number of fused-ring (bicyclic) bond motifs is 1. The molecule has 0 unspecified atom stereocenters. The third-order valence-corrected chi connectivity index (χ3v) is 7.30. The van der Waals surface area contributed by atoms with Crippen LogP contribution in [0.3, 0.4) is 0 Å². The quantitative estimate of drug-likeness (QED) is 0.372. The number of aromatic amines is 1. The van der Waals surface area contributed by atoms with Gasteiger partial charge in [-0.25, -0.2) is 0 Å². The number of nitrogens with zero attached hydrogens (tertiary/aromatic N) is 2. The van der Waals surface area contributed by atoms with Gasteiger partial charge in [0, 0.05) is 29.7 Å². The van der Waals surface area contributed by atoms with E-state index in [0.29, 0.717) is 42.1 Å². The molecule has 3 N–H and O–H groups in total. The monoisotopic (exact) mass is 486 g/mol. The summed E-state index contributed by atoms with van der Waals surface area (Å²) < 4.78 is 0. The third-order valence-electron chi connectivity index (χ3n) is 6.29. The zero-order chi connectivity index (χ0) is 24.4. The molecule has 0 bridgehead atoms.